The number of carboxylic acids is 1. The molecule has 0 heterocycles. The number of para-hydroxylation sites is 1. The molecule has 0 unspecified atom stereocenters. The first-order valence-corrected chi connectivity index (χ1v) is 4.99. The summed E-state index contributed by atoms with van der Waals surface area (Å²) in [6.07, 6.45) is 0.260. The molecule has 0 amide bonds. The molecule has 1 rings (SSSR count). The molecule has 0 spiro atoms. The van der Waals surface area contributed by atoms with E-state index in [2.05, 4.69) is 5.63 Å². The van der Waals surface area contributed by atoms with Gasteiger partial charge in [0.2, 0.25) is 0 Å². The van der Waals surface area contributed by atoms with E-state index < -0.39 is 5.97 Å². The zero-order valence-corrected chi connectivity index (χ0v) is 8.85. The van der Waals surface area contributed by atoms with Crippen LogP contribution in [0.5, 0.6) is 5.75 Å². The van der Waals surface area contributed by atoms with Crippen LogP contribution in [0.15, 0.2) is 30.3 Å². The van der Waals surface area contributed by atoms with Crippen molar-refractivity contribution in [1.29, 1.82) is 0 Å². The van der Waals surface area contributed by atoms with Gasteiger partial charge in [0, 0.05) is 0 Å². The van der Waals surface area contributed by atoms with Gasteiger partial charge in [0.1, 0.15) is 5.75 Å². The molecule has 80 valence electrons. The van der Waals surface area contributed by atoms with E-state index in [1.807, 2.05) is 6.07 Å². The summed E-state index contributed by atoms with van der Waals surface area (Å²) >= 11 is 0. The molecule has 0 bridgehead atoms. The van der Waals surface area contributed by atoms with Gasteiger partial charge in [-0.2, -0.15) is 0 Å². The van der Waals surface area contributed by atoms with Crippen molar-refractivity contribution in [2.45, 2.75) is 12.8 Å². The maximum Gasteiger partial charge on any atom is 0.115 e. The zero-order chi connectivity index (χ0) is 11.5. The summed E-state index contributed by atoms with van der Waals surface area (Å²) in [6, 6.07) is 8.71. The minimum atomic E-state index is -0.888. The van der Waals surface area contributed by atoms with Crippen LogP contribution in [-0.4, -0.2) is 16.2 Å². The number of hydrogen-bond acceptors (Lipinski definition) is 3. The van der Waals surface area contributed by atoms with Crippen LogP contribution in [0.3, 0.4) is 0 Å². The number of phenolic OH excluding ortho intramolecular Hbond substituents is 1. The SMILES string of the molecule is O=P#CCCC(=O)O.Oc1ccccc1. The predicted octanol–water partition coefficient (Wildman–Crippen LogP) is 2.49. The maximum atomic E-state index is 9.73. The molecule has 0 fully saturated rings. The summed E-state index contributed by atoms with van der Waals surface area (Å²) < 4.78 is 9.58. The molecular weight excluding hydrogens is 215 g/mol. The Morgan fingerprint density at radius 1 is 1.33 bits per heavy atom. The normalized spacial score (nSPS) is 8.00. The minimum Gasteiger partial charge on any atom is -0.508 e. The topological polar surface area (TPSA) is 74.6 Å². The number of benzene rings is 1. The molecule has 0 radical (unpaired) electrons. The second-order valence-electron chi connectivity index (χ2n) is 2.48. The molecule has 0 aliphatic carbocycles. The molecule has 0 saturated carbocycles. The van der Waals surface area contributed by atoms with Crippen LogP contribution in [0.25, 0.3) is 0 Å². The van der Waals surface area contributed by atoms with Crippen molar-refractivity contribution in [3.63, 3.8) is 0 Å². The van der Waals surface area contributed by atoms with Crippen molar-refractivity contribution in [1.82, 2.24) is 0 Å². The third-order valence-electron chi connectivity index (χ3n) is 1.27. The molecular formula is C10H11O4P. The summed E-state index contributed by atoms with van der Waals surface area (Å²) in [7, 11) is -0.213. The van der Waals surface area contributed by atoms with Gasteiger partial charge in [-0.05, 0) is 12.1 Å². The molecule has 0 atom stereocenters. The second-order valence-corrected chi connectivity index (χ2v) is 2.98. The first-order valence-electron chi connectivity index (χ1n) is 4.18. The second kappa shape index (κ2) is 9.07. The summed E-state index contributed by atoms with van der Waals surface area (Å²) in [4.78, 5) is 9.73. The van der Waals surface area contributed by atoms with E-state index in [0.717, 1.165) is 0 Å². The molecule has 0 aromatic heterocycles. The van der Waals surface area contributed by atoms with Crippen molar-refractivity contribution in [3.05, 3.63) is 30.3 Å². The van der Waals surface area contributed by atoms with Gasteiger partial charge in [-0.1, -0.05) is 18.2 Å². The van der Waals surface area contributed by atoms with Gasteiger partial charge in [-0.15, -0.1) is 0 Å². The van der Waals surface area contributed by atoms with Crippen molar-refractivity contribution in [2.24, 2.45) is 0 Å². The Morgan fingerprint density at radius 3 is 2.27 bits per heavy atom. The first kappa shape index (κ1) is 13.5. The van der Waals surface area contributed by atoms with E-state index in [9.17, 15) is 9.36 Å². The molecule has 2 N–H and O–H groups in total. The third kappa shape index (κ3) is 10.4. The molecule has 4 nitrogen and oxygen atoms in total. The Balaban J connectivity index is 0.000000262. The van der Waals surface area contributed by atoms with E-state index in [1.165, 1.54) is 0 Å². The van der Waals surface area contributed by atoms with Gasteiger partial charge in [0.05, 0.1) is 0 Å². The summed E-state index contributed by atoms with van der Waals surface area (Å²) in [6.45, 7) is 0. The van der Waals surface area contributed by atoms with Crippen LogP contribution >= 0.6 is 7.92 Å². The quantitative estimate of drug-likeness (QED) is 0.759. The number of phenols is 1. The smallest absolute Gasteiger partial charge is 0.115 e. The van der Waals surface area contributed by atoms with Crippen molar-refractivity contribution >= 4 is 13.9 Å². The van der Waals surface area contributed by atoms with E-state index in [-0.39, 0.29) is 20.8 Å². The Labute approximate surface area is 88.7 Å². The molecule has 1 aromatic carbocycles. The fourth-order valence-corrected chi connectivity index (χ4v) is 0.840. The van der Waals surface area contributed by atoms with E-state index in [1.54, 1.807) is 24.3 Å². The van der Waals surface area contributed by atoms with Crippen LogP contribution in [-0.2, 0) is 9.36 Å². The molecule has 1 aromatic rings. The third-order valence-corrected chi connectivity index (χ3v) is 1.62. The van der Waals surface area contributed by atoms with E-state index in [4.69, 9.17) is 10.2 Å². The van der Waals surface area contributed by atoms with E-state index in [0.29, 0.717) is 5.75 Å². The summed E-state index contributed by atoms with van der Waals surface area (Å²) in [5.41, 5.74) is 2.32. The summed E-state index contributed by atoms with van der Waals surface area (Å²) in [5.74, 6) is -0.566. The average Bonchev–Trinajstić information content (AvgIpc) is 2.20. The van der Waals surface area contributed by atoms with E-state index >= 15 is 0 Å². The minimum absolute atomic E-state index is 0.00917. The molecule has 0 aliphatic heterocycles. The van der Waals surface area contributed by atoms with Crippen LogP contribution in [0.2, 0.25) is 0 Å². The zero-order valence-electron chi connectivity index (χ0n) is 7.96. The molecule has 5 heteroatoms. The van der Waals surface area contributed by atoms with Gasteiger partial charge >= 0.3 is 46.8 Å². The average molecular weight is 226 g/mol. The number of carboxylic acid groups (broad SMARTS) is 1. The fraction of sp³-hybridized carbons (Fsp3) is 0.200. The monoisotopic (exact) mass is 226 g/mol. The van der Waals surface area contributed by atoms with Gasteiger partial charge < -0.3 is 5.11 Å². The largest absolute Gasteiger partial charge is 0.508 e. The van der Waals surface area contributed by atoms with Crippen LogP contribution in [0, 0.1) is 5.63 Å². The van der Waals surface area contributed by atoms with Gasteiger partial charge in [0.25, 0.3) is 0 Å². The molecule has 0 saturated heterocycles. The maximum absolute atomic E-state index is 9.73. The fourth-order valence-electron chi connectivity index (χ4n) is 0.636. The number of aromatic hydroxyl groups is 1. The number of hydrogen-bond donors (Lipinski definition) is 2. The standard InChI is InChI=1S/C6H6O.C4H5O3P/c7-6-4-2-1-3-5-6;5-4(6)2-1-3-8-7/h1-5,7H;1-2H2,(H,5,6). The first-order chi connectivity index (χ1) is 7.16. The van der Waals surface area contributed by atoms with Crippen LogP contribution in [0.1, 0.15) is 12.8 Å². The Hall–Kier alpha value is -1.50. The van der Waals surface area contributed by atoms with Crippen LogP contribution in [0.4, 0.5) is 0 Å². The predicted molar refractivity (Wildman–Crippen MR) is 56.5 cm³/mol. The van der Waals surface area contributed by atoms with Gasteiger partial charge in [-0.3, -0.25) is 0 Å². The number of aliphatic carboxylic acids is 1. The molecule has 15 heavy (non-hydrogen) atoms. The Bertz CT molecular complexity index is 382. The Morgan fingerprint density at radius 2 is 1.93 bits per heavy atom. The Kier molecular flexibility index (Phi) is 8.16. The van der Waals surface area contributed by atoms with Gasteiger partial charge in [0.15, 0.2) is 0 Å². The van der Waals surface area contributed by atoms with Gasteiger partial charge in [-0.25, -0.2) is 0 Å². The summed E-state index contributed by atoms with van der Waals surface area (Å²) in [5, 5.41) is 16.6. The van der Waals surface area contributed by atoms with Crippen LogP contribution < -0.4 is 0 Å². The van der Waals surface area contributed by atoms with Crippen molar-refractivity contribution in [2.75, 3.05) is 0 Å². The molecule has 0 aliphatic rings. The number of carbonyl (C=O) groups is 1. The van der Waals surface area contributed by atoms with Crippen molar-refractivity contribution < 1.29 is 19.6 Å². The number of rotatable bonds is 2. The van der Waals surface area contributed by atoms with Crippen molar-refractivity contribution in [3.8, 4) is 11.4 Å².